The minimum Gasteiger partial charge on any atom is -0.480 e. The van der Waals surface area contributed by atoms with Crippen molar-refractivity contribution in [1.82, 2.24) is 5.32 Å². The summed E-state index contributed by atoms with van der Waals surface area (Å²) in [6.07, 6.45) is 5.46. The van der Waals surface area contributed by atoms with E-state index in [0.717, 1.165) is 19.3 Å². The van der Waals surface area contributed by atoms with Gasteiger partial charge in [0.2, 0.25) is 11.8 Å². The van der Waals surface area contributed by atoms with Crippen LogP contribution in [-0.2, 0) is 14.4 Å². The maximum atomic E-state index is 11.6. The van der Waals surface area contributed by atoms with E-state index in [1.807, 2.05) is 0 Å². The Labute approximate surface area is 106 Å². The van der Waals surface area contributed by atoms with Crippen LogP contribution in [-0.4, -0.2) is 28.9 Å². The second-order valence-corrected chi connectivity index (χ2v) is 4.82. The molecule has 0 aromatic carbocycles. The van der Waals surface area contributed by atoms with E-state index in [1.165, 1.54) is 12.8 Å². The number of nitrogens with two attached hydrogens (primary N) is 1. The number of amides is 2. The molecule has 6 heteroatoms. The van der Waals surface area contributed by atoms with Crippen molar-refractivity contribution < 1.29 is 19.5 Å². The zero-order valence-electron chi connectivity index (χ0n) is 10.4. The molecule has 0 spiro atoms. The third kappa shape index (κ3) is 5.16. The van der Waals surface area contributed by atoms with Gasteiger partial charge in [-0.2, -0.15) is 0 Å². The van der Waals surface area contributed by atoms with Crippen LogP contribution in [0.2, 0.25) is 0 Å². The molecule has 102 valence electrons. The topological polar surface area (TPSA) is 109 Å². The van der Waals surface area contributed by atoms with Gasteiger partial charge in [0.15, 0.2) is 0 Å². The number of hydrogen-bond acceptors (Lipinski definition) is 3. The monoisotopic (exact) mass is 256 g/mol. The molecule has 18 heavy (non-hydrogen) atoms. The molecule has 0 heterocycles. The highest BCUT2D eigenvalue weighted by atomic mass is 16.4. The quantitative estimate of drug-likeness (QED) is 0.612. The third-order valence-electron chi connectivity index (χ3n) is 3.29. The highest BCUT2D eigenvalue weighted by molar-refractivity contribution is 5.88. The molecule has 1 fully saturated rings. The highest BCUT2D eigenvalue weighted by Gasteiger charge is 2.23. The number of primary amides is 1. The van der Waals surface area contributed by atoms with E-state index in [2.05, 4.69) is 5.32 Å². The number of rotatable bonds is 7. The summed E-state index contributed by atoms with van der Waals surface area (Å²) >= 11 is 0. The van der Waals surface area contributed by atoms with E-state index in [9.17, 15) is 14.4 Å². The Morgan fingerprint density at radius 3 is 2.39 bits per heavy atom. The van der Waals surface area contributed by atoms with Crippen molar-refractivity contribution in [2.24, 2.45) is 11.7 Å². The van der Waals surface area contributed by atoms with Crippen molar-refractivity contribution in [1.29, 1.82) is 0 Å². The highest BCUT2D eigenvalue weighted by Crippen LogP contribution is 2.28. The molecule has 6 nitrogen and oxygen atoms in total. The number of nitrogens with one attached hydrogen (secondary N) is 1. The molecule has 0 unspecified atom stereocenters. The zero-order chi connectivity index (χ0) is 13.5. The molecule has 0 aromatic heterocycles. The molecule has 1 saturated carbocycles. The molecule has 1 atom stereocenters. The maximum absolute atomic E-state index is 11.6. The average molecular weight is 256 g/mol. The molecule has 1 aliphatic rings. The fraction of sp³-hybridized carbons (Fsp3) is 0.750. The smallest absolute Gasteiger partial charge is 0.326 e. The van der Waals surface area contributed by atoms with Crippen LogP contribution in [0.25, 0.3) is 0 Å². The van der Waals surface area contributed by atoms with Gasteiger partial charge < -0.3 is 16.2 Å². The Bertz CT molecular complexity index is 324. The Hall–Kier alpha value is -1.59. The molecule has 1 aliphatic carbocycles. The van der Waals surface area contributed by atoms with Crippen molar-refractivity contribution in [3.63, 3.8) is 0 Å². The van der Waals surface area contributed by atoms with Gasteiger partial charge in [-0.25, -0.2) is 4.79 Å². The standard InChI is InChI=1S/C12H20N2O4/c13-10(15)7-9(12(17)18)14-11(16)6-5-8-3-1-2-4-8/h8-9H,1-7H2,(H2,13,15)(H,14,16)(H,17,18)/t9-/m0/s1. The molecule has 0 saturated heterocycles. The lowest BCUT2D eigenvalue weighted by molar-refractivity contribution is -0.143. The summed E-state index contributed by atoms with van der Waals surface area (Å²) in [5.74, 6) is -1.72. The number of carboxylic acids is 1. The van der Waals surface area contributed by atoms with Crippen molar-refractivity contribution in [2.75, 3.05) is 0 Å². The predicted octanol–water partition coefficient (Wildman–Crippen LogP) is 0.402. The van der Waals surface area contributed by atoms with E-state index in [0.29, 0.717) is 12.3 Å². The molecule has 2 amide bonds. The first-order valence-corrected chi connectivity index (χ1v) is 6.29. The van der Waals surface area contributed by atoms with Crippen molar-refractivity contribution in [3.05, 3.63) is 0 Å². The van der Waals surface area contributed by atoms with Crippen LogP contribution in [0.4, 0.5) is 0 Å². The largest absolute Gasteiger partial charge is 0.480 e. The van der Waals surface area contributed by atoms with Gasteiger partial charge in [0.25, 0.3) is 0 Å². The lowest BCUT2D eigenvalue weighted by Crippen LogP contribution is -2.43. The molecule has 1 rings (SSSR count). The molecule has 0 radical (unpaired) electrons. The normalized spacial score (nSPS) is 17.3. The van der Waals surface area contributed by atoms with Gasteiger partial charge in [0, 0.05) is 6.42 Å². The first-order chi connectivity index (χ1) is 8.49. The van der Waals surface area contributed by atoms with Gasteiger partial charge >= 0.3 is 5.97 Å². The number of carbonyl (C=O) groups excluding carboxylic acids is 2. The molecule has 0 aliphatic heterocycles. The SMILES string of the molecule is NC(=O)C[C@H](NC(=O)CCC1CCCC1)C(=O)O. The third-order valence-corrected chi connectivity index (χ3v) is 3.29. The zero-order valence-corrected chi connectivity index (χ0v) is 10.4. The van der Waals surface area contributed by atoms with Crippen LogP contribution >= 0.6 is 0 Å². The first-order valence-electron chi connectivity index (χ1n) is 6.29. The molecular weight excluding hydrogens is 236 g/mol. The van der Waals surface area contributed by atoms with Crippen LogP contribution in [0.15, 0.2) is 0 Å². The second kappa shape index (κ2) is 6.98. The Kier molecular flexibility index (Phi) is 5.61. The minimum absolute atomic E-state index is 0.313. The second-order valence-electron chi connectivity index (χ2n) is 4.82. The molecule has 4 N–H and O–H groups in total. The average Bonchev–Trinajstić information content (AvgIpc) is 2.77. The maximum Gasteiger partial charge on any atom is 0.326 e. The lowest BCUT2D eigenvalue weighted by atomic mass is 10.0. The van der Waals surface area contributed by atoms with Crippen molar-refractivity contribution in [2.45, 2.75) is 51.0 Å². The minimum atomic E-state index is -1.23. The van der Waals surface area contributed by atoms with E-state index in [1.54, 1.807) is 0 Å². The number of carbonyl (C=O) groups is 3. The van der Waals surface area contributed by atoms with Crippen LogP contribution < -0.4 is 11.1 Å². The summed E-state index contributed by atoms with van der Waals surface area (Å²) in [5.41, 5.74) is 4.93. The van der Waals surface area contributed by atoms with Gasteiger partial charge in [-0.05, 0) is 12.3 Å². The van der Waals surface area contributed by atoms with E-state index >= 15 is 0 Å². The van der Waals surface area contributed by atoms with Crippen LogP contribution in [0.5, 0.6) is 0 Å². The van der Waals surface area contributed by atoms with E-state index < -0.39 is 17.9 Å². The fourth-order valence-electron chi connectivity index (χ4n) is 2.30. The number of aliphatic carboxylic acids is 1. The van der Waals surface area contributed by atoms with Gasteiger partial charge in [0.05, 0.1) is 6.42 Å². The van der Waals surface area contributed by atoms with Gasteiger partial charge in [0.1, 0.15) is 6.04 Å². The van der Waals surface area contributed by atoms with Gasteiger partial charge in [-0.1, -0.05) is 25.7 Å². The first kappa shape index (κ1) is 14.5. The summed E-state index contributed by atoms with van der Waals surface area (Å²) in [6.45, 7) is 0. The Morgan fingerprint density at radius 2 is 1.89 bits per heavy atom. The Morgan fingerprint density at radius 1 is 1.28 bits per heavy atom. The van der Waals surface area contributed by atoms with E-state index in [4.69, 9.17) is 10.8 Å². The predicted molar refractivity (Wildman–Crippen MR) is 64.6 cm³/mol. The molecule has 0 aromatic rings. The van der Waals surface area contributed by atoms with Crippen LogP contribution in [0.1, 0.15) is 44.9 Å². The Balaban J connectivity index is 2.31. The number of hydrogen-bond donors (Lipinski definition) is 3. The summed E-state index contributed by atoms with van der Waals surface area (Å²) in [6, 6.07) is -1.21. The van der Waals surface area contributed by atoms with Crippen molar-refractivity contribution >= 4 is 17.8 Å². The van der Waals surface area contributed by atoms with Crippen molar-refractivity contribution in [3.8, 4) is 0 Å². The van der Waals surface area contributed by atoms with Gasteiger partial charge in [-0.15, -0.1) is 0 Å². The van der Waals surface area contributed by atoms with E-state index in [-0.39, 0.29) is 12.3 Å². The summed E-state index contributed by atoms with van der Waals surface area (Å²) in [5, 5.41) is 11.2. The fourth-order valence-corrected chi connectivity index (χ4v) is 2.30. The summed E-state index contributed by atoms with van der Waals surface area (Å²) in [4.78, 5) is 33.0. The molecule has 0 bridgehead atoms. The van der Waals surface area contributed by atoms with Crippen LogP contribution in [0, 0.1) is 5.92 Å². The lowest BCUT2D eigenvalue weighted by Gasteiger charge is -2.14. The number of carboxylic acid groups (broad SMARTS) is 1. The van der Waals surface area contributed by atoms with Crippen LogP contribution in [0.3, 0.4) is 0 Å². The molecular formula is C12H20N2O4. The van der Waals surface area contributed by atoms with Gasteiger partial charge in [-0.3, -0.25) is 9.59 Å². The summed E-state index contributed by atoms with van der Waals surface area (Å²) in [7, 11) is 0. The summed E-state index contributed by atoms with van der Waals surface area (Å²) < 4.78 is 0.